The van der Waals surface area contributed by atoms with Gasteiger partial charge in [-0.1, -0.05) is 370 Å². The molecule has 0 bridgehead atoms. The van der Waals surface area contributed by atoms with Crippen LogP contribution in [0.2, 0.25) is 0 Å². The maximum absolute atomic E-state index is 2.68. The zero-order valence-electron chi connectivity index (χ0n) is 65.5. The minimum atomic E-state index is -0.556. The fourth-order valence-electron chi connectivity index (χ4n) is 18.7. The van der Waals surface area contributed by atoms with E-state index in [9.17, 15) is 0 Å². The zero-order valence-corrected chi connectivity index (χ0v) is 71.2. The predicted molar refractivity (Wildman–Crippen MR) is 474 cm³/mol. The molecule has 105 heavy (non-hydrogen) atoms. The third kappa shape index (κ3) is 17.3. The first-order valence-electron chi connectivity index (χ1n) is 42.5. The van der Waals surface area contributed by atoms with Gasteiger partial charge in [0.25, 0.3) is 0 Å². The highest BCUT2D eigenvalue weighted by atomic mass is 32.1. The van der Waals surface area contributed by atoms with E-state index < -0.39 is 10.8 Å². The molecule has 0 fully saturated rings. The van der Waals surface area contributed by atoms with Crippen molar-refractivity contribution in [3.8, 4) is 39.0 Å². The summed E-state index contributed by atoms with van der Waals surface area (Å²) in [5, 5.41) is 4.56. The molecule has 558 valence electrons. The number of hydrogen-bond donors (Lipinski definition) is 0. The molecule has 0 radical (unpaired) electrons. The van der Waals surface area contributed by atoms with Crippen molar-refractivity contribution in [3.05, 3.63) is 211 Å². The Morgan fingerprint density at radius 2 is 0.581 bits per heavy atom. The van der Waals surface area contributed by atoms with E-state index in [0.717, 1.165) is 36.5 Å². The normalized spacial score (nSPS) is 16.5. The maximum atomic E-state index is 2.68. The van der Waals surface area contributed by atoms with E-state index in [1.54, 1.807) is 16.7 Å². The SMILES string of the molecule is CCCCCCC(CCCC)Cc1ccc(C2(c3ccc(CC(CCCC)CCCCCC)cc3)c3cc(-c4cccs4)sc3-c3sc4c5c(sc4c32)-c2sc3cc(-c4cccs4)sc3c2C5(c2ccc(CC(CCCC)CCCCCC)cc2)c2ccc(CC(CCCC)CCCCCC)cc2)cc1. The second kappa shape index (κ2) is 38.3. The standard InChI is InChI=1S/C98H124S7/c1-9-17-25-29-39-69(35-21-13-5)63-73-45-53-77(54-46-73)97(78-55-47-74(48-56-78)64-70(36-22-14-6)40-30-26-18-10-2)81-67-84(82-43-33-61-99-82)101-90(81)92-88(97)94-96(104-92)89-95(105-94)93-87(91-86(103-93)68-85(102-91)83-44-34-62-100-83)98(89,79-57-49-75(50-58-79)65-71(37-23-15-7)41-31-27-19-11-3)80-59-51-76(52-60-80)66-72(38-24-16-8)42-32-28-20-12-4/h33-34,43-62,67-72H,9-32,35-42,63-66H2,1-8H3. The average Bonchev–Trinajstić information content (AvgIpc) is 1.48. The van der Waals surface area contributed by atoms with Crippen LogP contribution in [0.25, 0.3) is 57.8 Å². The van der Waals surface area contributed by atoms with Crippen molar-refractivity contribution in [3.63, 3.8) is 0 Å². The van der Waals surface area contributed by atoms with E-state index in [0.29, 0.717) is 0 Å². The minimum Gasteiger partial charge on any atom is -0.143 e. The van der Waals surface area contributed by atoms with Crippen molar-refractivity contribution in [2.75, 3.05) is 0 Å². The van der Waals surface area contributed by atoms with Gasteiger partial charge in [-0.2, -0.15) is 0 Å². The molecule has 2 aliphatic carbocycles. The summed E-state index contributed by atoms with van der Waals surface area (Å²) in [7, 11) is 0. The summed E-state index contributed by atoms with van der Waals surface area (Å²) in [6, 6.07) is 56.5. The lowest BCUT2D eigenvalue weighted by Gasteiger charge is -2.34. The molecule has 7 aromatic heterocycles. The summed E-state index contributed by atoms with van der Waals surface area (Å²) in [6.45, 7) is 19.0. The van der Waals surface area contributed by atoms with Gasteiger partial charge >= 0.3 is 0 Å². The van der Waals surface area contributed by atoms with Crippen LogP contribution in [0, 0.1) is 23.7 Å². The molecule has 4 unspecified atom stereocenters. The number of benzene rings is 4. The number of unbranched alkanes of at least 4 members (excludes halogenated alkanes) is 16. The molecular weight excluding hydrogens is 1400 g/mol. The van der Waals surface area contributed by atoms with Gasteiger partial charge < -0.3 is 0 Å². The van der Waals surface area contributed by atoms with E-state index >= 15 is 0 Å². The Morgan fingerprint density at radius 1 is 0.267 bits per heavy atom. The van der Waals surface area contributed by atoms with Gasteiger partial charge in [-0.25, -0.2) is 0 Å². The van der Waals surface area contributed by atoms with Gasteiger partial charge in [0.1, 0.15) is 0 Å². The highest BCUT2D eigenvalue weighted by Gasteiger charge is 2.56. The third-order valence-electron chi connectivity index (χ3n) is 24.5. The molecular formula is C98H124S7. The molecule has 4 atom stereocenters. The summed E-state index contributed by atoms with van der Waals surface area (Å²) >= 11 is 14.4. The van der Waals surface area contributed by atoms with Crippen LogP contribution in [0.5, 0.6) is 0 Å². The fraction of sp³-hybridized carbons (Fsp3) is 0.510. The summed E-state index contributed by atoms with van der Waals surface area (Å²) in [6.07, 6.45) is 47.1. The molecule has 11 aromatic rings. The van der Waals surface area contributed by atoms with Gasteiger partial charge in [-0.3, -0.25) is 0 Å². The molecule has 0 N–H and O–H groups in total. The number of thiophene rings is 7. The van der Waals surface area contributed by atoms with E-state index in [1.807, 2.05) is 22.7 Å². The Bertz CT molecular complexity index is 4240. The lowest BCUT2D eigenvalue weighted by molar-refractivity contribution is 0.410. The first kappa shape index (κ1) is 78.4. The van der Waals surface area contributed by atoms with Gasteiger partial charge in [-0.15, -0.1) is 79.4 Å². The molecule has 4 aromatic carbocycles. The number of fused-ring (bicyclic) bond motifs is 11. The van der Waals surface area contributed by atoms with Gasteiger partial charge in [0.2, 0.25) is 0 Å². The van der Waals surface area contributed by atoms with E-state index in [-0.39, 0.29) is 0 Å². The molecule has 0 saturated carbocycles. The van der Waals surface area contributed by atoms with Gasteiger partial charge in [0.15, 0.2) is 0 Å². The number of hydrogen-bond acceptors (Lipinski definition) is 7. The first-order chi connectivity index (χ1) is 51.7. The summed E-state index contributed by atoms with van der Waals surface area (Å²) in [5.74, 6) is 2.88. The lowest BCUT2D eigenvalue weighted by atomic mass is 9.67. The summed E-state index contributed by atoms with van der Waals surface area (Å²) in [5.41, 5.74) is 16.8. The topological polar surface area (TPSA) is 0 Å². The van der Waals surface area contributed by atoms with E-state index in [4.69, 9.17) is 0 Å². The molecule has 0 saturated heterocycles. The van der Waals surface area contributed by atoms with Crippen LogP contribution in [-0.4, -0.2) is 0 Å². The van der Waals surface area contributed by atoms with E-state index in [1.165, 1.54) is 326 Å². The van der Waals surface area contributed by atoms with E-state index in [2.05, 4.69) is 256 Å². The Morgan fingerprint density at radius 3 is 0.933 bits per heavy atom. The van der Waals surface area contributed by atoms with Crippen LogP contribution in [-0.2, 0) is 36.5 Å². The largest absolute Gasteiger partial charge is 0.143 e. The van der Waals surface area contributed by atoms with Crippen LogP contribution in [0.1, 0.15) is 328 Å². The molecule has 0 nitrogen and oxygen atoms in total. The maximum Gasteiger partial charge on any atom is 0.0759 e. The molecule has 7 heteroatoms. The van der Waals surface area contributed by atoms with Crippen molar-refractivity contribution in [1.29, 1.82) is 0 Å². The van der Waals surface area contributed by atoms with Crippen LogP contribution in [0.3, 0.4) is 0 Å². The van der Waals surface area contributed by atoms with Crippen molar-refractivity contribution in [1.82, 2.24) is 0 Å². The Balaban J connectivity index is 1.04. The monoisotopic (exact) mass is 1520 g/mol. The van der Waals surface area contributed by atoms with Crippen molar-refractivity contribution in [2.24, 2.45) is 23.7 Å². The Labute approximate surface area is 663 Å². The van der Waals surface area contributed by atoms with Gasteiger partial charge in [0.05, 0.1) is 44.4 Å². The van der Waals surface area contributed by atoms with Crippen molar-refractivity contribution >= 4 is 98.2 Å². The van der Waals surface area contributed by atoms with Crippen molar-refractivity contribution < 1.29 is 0 Å². The molecule has 0 aliphatic heterocycles. The molecule has 0 spiro atoms. The van der Waals surface area contributed by atoms with Crippen LogP contribution >= 0.6 is 79.4 Å². The van der Waals surface area contributed by atoms with Gasteiger partial charge in [-0.05, 0) is 134 Å². The van der Waals surface area contributed by atoms with Crippen molar-refractivity contribution in [2.45, 2.75) is 297 Å². The summed E-state index contributed by atoms with van der Waals surface area (Å²) < 4.78 is 5.94. The summed E-state index contributed by atoms with van der Waals surface area (Å²) in [4.78, 5) is 11.6. The van der Waals surface area contributed by atoms with Gasteiger partial charge in [0, 0.05) is 40.9 Å². The number of rotatable bonds is 46. The molecule has 13 rings (SSSR count). The molecule has 7 heterocycles. The first-order valence-corrected chi connectivity index (χ1v) is 48.3. The lowest BCUT2D eigenvalue weighted by Crippen LogP contribution is -2.29. The fourth-order valence-corrected chi connectivity index (χ4v) is 27.7. The second-order valence-corrected chi connectivity index (χ2v) is 39.3. The highest BCUT2D eigenvalue weighted by Crippen LogP contribution is 2.72. The Hall–Kier alpha value is -4.70. The highest BCUT2D eigenvalue weighted by molar-refractivity contribution is 7.37. The molecule has 0 amide bonds. The molecule has 2 aliphatic rings. The van der Waals surface area contributed by atoms with Crippen LogP contribution < -0.4 is 0 Å². The third-order valence-corrected chi connectivity index (χ3v) is 33.0. The van der Waals surface area contributed by atoms with Crippen LogP contribution in [0.15, 0.2) is 144 Å². The smallest absolute Gasteiger partial charge is 0.0759 e. The predicted octanol–water partition coefficient (Wildman–Crippen LogP) is 33.8. The average molecular weight is 1530 g/mol. The second-order valence-electron chi connectivity index (χ2n) is 32.2. The Kier molecular flexibility index (Phi) is 28.6. The van der Waals surface area contributed by atoms with Crippen LogP contribution in [0.4, 0.5) is 0 Å². The minimum absolute atomic E-state index is 0.538. The zero-order chi connectivity index (χ0) is 72.5. The quantitative estimate of drug-likeness (QED) is 0.0334.